The molecule has 1 saturated heterocycles. The summed E-state index contributed by atoms with van der Waals surface area (Å²) in [5.41, 5.74) is 1.15. The summed E-state index contributed by atoms with van der Waals surface area (Å²) in [7, 11) is -2.06. The molecule has 9 nitrogen and oxygen atoms in total. The number of carbonyl (C=O) groups is 3. The van der Waals surface area contributed by atoms with Gasteiger partial charge in [0.25, 0.3) is 11.8 Å². The molecule has 1 unspecified atom stereocenters. The lowest BCUT2D eigenvalue weighted by molar-refractivity contribution is -0.142. The number of furan rings is 1. The molecule has 1 fully saturated rings. The van der Waals surface area contributed by atoms with Crippen molar-refractivity contribution >= 4 is 33.7 Å². The molecule has 10 heteroatoms. The monoisotopic (exact) mass is 480 g/mol. The van der Waals surface area contributed by atoms with E-state index < -0.39 is 33.7 Å². The number of ether oxygens (including phenoxy) is 1. The highest BCUT2D eigenvalue weighted by Gasteiger charge is 2.43. The summed E-state index contributed by atoms with van der Waals surface area (Å²) < 4.78 is 34.4. The molecule has 174 valence electrons. The van der Waals surface area contributed by atoms with E-state index in [4.69, 9.17) is 4.42 Å². The maximum atomic E-state index is 13.2. The third kappa shape index (κ3) is 4.18. The number of imide groups is 1. The number of methoxy groups -OCH3 is 1. The normalized spacial score (nSPS) is 21.1. The van der Waals surface area contributed by atoms with E-state index >= 15 is 0 Å². The van der Waals surface area contributed by atoms with Crippen LogP contribution in [-0.2, 0) is 24.2 Å². The van der Waals surface area contributed by atoms with Crippen LogP contribution in [0.25, 0.3) is 17.4 Å². The number of carbonyl (C=O) groups excluding carboxylic acids is 3. The fourth-order valence-electron chi connectivity index (χ4n) is 4.03. The molecule has 0 N–H and O–H groups in total. The minimum Gasteiger partial charge on any atom is -0.465 e. The highest BCUT2D eigenvalue weighted by molar-refractivity contribution is 7.91. The number of esters is 1. The Bertz CT molecular complexity index is 1410. The van der Waals surface area contributed by atoms with E-state index in [1.807, 2.05) is 6.07 Å². The Morgan fingerprint density at radius 1 is 1.18 bits per heavy atom. The van der Waals surface area contributed by atoms with E-state index in [-0.39, 0.29) is 34.6 Å². The molecule has 2 aliphatic heterocycles. The van der Waals surface area contributed by atoms with Crippen LogP contribution < -0.4 is 0 Å². The van der Waals surface area contributed by atoms with Crippen molar-refractivity contribution in [3.8, 4) is 17.4 Å². The van der Waals surface area contributed by atoms with E-state index in [9.17, 15) is 28.1 Å². The van der Waals surface area contributed by atoms with Crippen LogP contribution in [0.3, 0.4) is 0 Å². The van der Waals surface area contributed by atoms with Gasteiger partial charge < -0.3 is 9.15 Å². The summed E-state index contributed by atoms with van der Waals surface area (Å²) in [6.45, 7) is 1.50. The first-order valence-electron chi connectivity index (χ1n) is 10.3. The van der Waals surface area contributed by atoms with Crippen LogP contribution >= 0.6 is 0 Å². The lowest BCUT2D eigenvalue weighted by Crippen LogP contribution is -2.49. The van der Waals surface area contributed by atoms with Crippen LogP contribution in [0.2, 0.25) is 0 Å². The van der Waals surface area contributed by atoms with Gasteiger partial charge in [-0.25, -0.2) is 13.2 Å². The zero-order valence-corrected chi connectivity index (χ0v) is 19.2. The van der Waals surface area contributed by atoms with Crippen molar-refractivity contribution in [2.75, 3.05) is 18.6 Å². The number of rotatable bonds is 4. The zero-order chi connectivity index (χ0) is 24.6. The molecule has 1 aromatic carbocycles. The van der Waals surface area contributed by atoms with Crippen molar-refractivity contribution in [2.24, 2.45) is 0 Å². The predicted octanol–water partition coefficient (Wildman–Crippen LogP) is 2.51. The lowest BCUT2D eigenvalue weighted by Gasteiger charge is -2.31. The standard InChI is InChI=1S/C24H20N2O7S/c1-14-19(22(27)26(23(28)20(14)12-25)17-9-10-34(30,31)13-17)11-18-7-8-21(33-18)15-3-5-16(6-4-15)24(29)32-2/h3-8,11,17H,9-10,13H2,1-2H3/b19-11-. The fraction of sp³-hybridized carbons (Fsp3) is 0.250. The summed E-state index contributed by atoms with van der Waals surface area (Å²) in [6, 6.07) is 10.9. The number of nitrogens with zero attached hydrogens (tertiary/aromatic N) is 2. The fourth-order valence-corrected chi connectivity index (χ4v) is 5.73. The second-order valence-electron chi connectivity index (χ2n) is 7.98. The highest BCUT2D eigenvalue weighted by Crippen LogP contribution is 2.32. The summed E-state index contributed by atoms with van der Waals surface area (Å²) >= 11 is 0. The van der Waals surface area contributed by atoms with Gasteiger partial charge in [0.1, 0.15) is 23.2 Å². The first kappa shape index (κ1) is 23.2. The molecule has 0 spiro atoms. The maximum Gasteiger partial charge on any atom is 0.337 e. The van der Waals surface area contributed by atoms with E-state index in [0.717, 1.165) is 4.90 Å². The van der Waals surface area contributed by atoms with Crippen molar-refractivity contribution in [1.29, 1.82) is 5.26 Å². The molecule has 1 aromatic heterocycles. The molecule has 1 atom stereocenters. The summed E-state index contributed by atoms with van der Waals surface area (Å²) in [4.78, 5) is 38.5. The lowest BCUT2D eigenvalue weighted by atomic mass is 9.93. The Morgan fingerprint density at radius 2 is 1.88 bits per heavy atom. The van der Waals surface area contributed by atoms with Crippen LogP contribution in [0.1, 0.15) is 29.5 Å². The van der Waals surface area contributed by atoms with Gasteiger partial charge in [0.05, 0.1) is 30.2 Å². The minimum absolute atomic E-state index is 0.0855. The topological polar surface area (TPSA) is 135 Å². The van der Waals surface area contributed by atoms with Crippen LogP contribution in [0.5, 0.6) is 0 Å². The molecule has 0 aliphatic carbocycles. The van der Waals surface area contributed by atoms with Crippen molar-refractivity contribution in [3.63, 3.8) is 0 Å². The second-order valence-corrected chi connectivity index (χ2v) is 10.2. The van der Waals surface area contributed by atoms with E-state index in [1.165, 1.54) is 20.1 Å². The molecule has 2 aliphatic rings. The van der Waals surface area contributed by atoms with E-state index in [1.54, 1.807) is 36.4 Å². The summed E-state index contributed by atoms with van der Waals surface area (Å²) in [5, 5.41) is 9.53. The van der Waals surface area contributed by atoms with Gasteiger partial charge in [-0.15, -0.1) is 0 Å². The van der Waals surface area contributed by atoms with Crippen molar-refractivity contribution in [3.05, 3.63) is 64.4 Å². The number of sulfone groups is 1. The van der Waals surface area contributed by atoms with Crippen LogP contribution in [-0.4, -0.2) is 55.8 Å². The molecule has 0 radical (unpaired) electrons. The smallest absolute Gasteiger partial charge is 0.337 e. The molecule has 34 heavy (non-hydrogen) atoms. The van der Waals surface area contributed by atoms with Crippen LogP contribution in [0, 0.1) is 11.3 Å². The number of nitriles is 1. The van der Waals surface area contributed by atoms with Crippen molar-refractivity contribution in [2.45, 2.75) is 19.4 Å². The third-order valence-corrected chi connectivity index (χ3v) is 7.60. The van der Waals surface area contributed by atoms with Gasteiger partial charge >= 0.3 is 5.97 Å². The molecule has 2 aromatic rings. The second kappa shape index (κ2) is 8.76. The quantitative estimate of drug-likeness (QED) is 0.370. The van der Waals surface area contributed by atoms with E-state index in [2.05, 4.69) is 4.74 Å². The molecule has 2 amide bonds. The van der Waals surface area contributed by atoms with Gasteiger partial charge in [-0.3, -0.25) is 14.5 Å². The molecule has 0 saturated carbocycles. The SMILES string of the molecule is COC(=O)c1ccc(-c2ccc(/C=C3\C(=O)N(C4CCS(=O)(=O)C4)C(=O)C(C#N)=C3C)o2)cc1. The maximum absolute atomic E-state index is 13.2. The number of amides is 2. The number of hydrogen-bond donors (Lipinski definition) is 0. The van der Waals surface area contributed by atoms with Gasteiger partial charge in [-0.05, 0) is 49.3 Å². The Hall–Kier alpha value is -3.97. The molecular weight excluding hydrogens is 460 g/mol. The first-order valence-corrected chi connectivity index (χ1v) is 12.2. The van der Waals surface area contributed by atoms with Crippen molar-refractivity contribution in [1.82, 2.24) is 4.90 Å². The van der Waals surface area contributed by atoms with Gasteiger partial charge in [0, 0.05) is 11.1 Å². The summed E-state index contributed by atoms with van der Waals surface area (Å²) in [6.07, 6.45) is 1.57. The van der Waals surface area contributed by atoms with E-state index in [0.29, 0.717) is 22.6 Å². The van der Waals surface area contributed by atoms with Gasteiger partial charge in [-0.1, -0.05) is 12.1 Å². The number of benzene rings is 1. The predicted molar refractivity (Wildman–Crippen MR) is 121 cm³/mol. The molecule has 0 bridgehead atoms. The van der Waals surface area contributed by atoms with Gasteiger partial charge in [0.15, 0.2) is 9.84 Å². The average Bonchev–Trinajstić information content (AvgIpc) is 3.42. The van der Waals surface area contributed by atoms with Gasteiger partial charge in [0.2, 0.25) is 0 Å². The minimum atomic E-state index is -3.36. The van der Waals surface area contributed by atoms with Crippen molar-refractivity contribution < 1.29 is 32.0 Å². The van der Waals surface area contributed by atoms with Gasteiger partial charge in [-0.2, -0.15) is 5.26 Å². The Balaban J connectivity index is 1.68. The molecular formula is C24H20N2O7S. The molecule has 4 rings (SSSR count). The highest BCUT2D eigenvalue weighted by atomic mass is 32.2. The summed E-state index contributed by atoms with van der Waals surface area (Å²) in [5.74, 6) is -1.56. The molecule has 3 heterocycles. The Kier molecular flexibility index (Phi) is 5.98. The average molecular weight is 480 g/mol. The zero-order valence-electron chi connectivity index (χ0n) is 18.4. The Morgan fingerprint density at radius 3 is 2.47 bits per heavy atom. The largest absolute Gasteiger partial charge is 0.465 e. The Labute approximate surface area is 195 Å². The van der Waals surface area contributed by atoms with Crippen LogP contribution in [0.4, 0.5) is 0 Å². The third-order valence-electron chi connectivity index (χ3n) is 5.85. The first-order chi connectivity index (χ1) is 16.1. The van der Waals surface area contributed by atoms with Crippen LogP contribution in [0.15, 0.2) is 57.5 Å². The number of hydrogen-bond acceptors (Lipinski definition) is 8.